The number of carbonyl (C=O) groups is 1. The highest BCUT2D eigenvalue weighted by Crippen LogP contribution is 2.25. The number of hydrogen-bond donors (Lipinski definition) is 3. The van der Waals surface area contributed by atoms with E-state index < -0.39 is 0 Å². The molecule has 4 aromatic rings. The molecular weight excluding hydrogens is 522 g/mol. The first-order valence-corrected chi connectivity index (χ1v) is 14.0. The van der Waals surface area contributed by atoms with E-state index in [9.17, 15) is 4.79 Å². The summed E-state index contributed by atoms with van der Waals surface area (Å²) in [7, 11) is 3.87. The Balaban J connectivity index is 1.16. The summed E-state index contributed by atoms with van der Waals surface area (Å²) in [4.78, 5) is 22.0. The number of nitrogens with one attached hydrogen (secondary N) is 2. The molecular formula is C31H36ClN7O. The molecule has 9 heteroatoms. The van der Waals surface area contributed by atoms with Gasteiger partial charge in [-0.15, -0.1) is 0 Å². The minimum atomic E-state index is 0.0713. The van der Waals surface area contributed by atoms with Crippen LogP contribution in [0.3, 0.4) is 0 Å². The van der Waals surface area contributed by atoms with E-state index in [4.69, 9.17) is 27.7 Å². The molecule has 40 heavy (non-hydrogen) atoms. The van der Waals surface area contributed by atoms with E-state index in [1.807, 2.05) is 80.8 Å². The van der Waals surface area contributed by atoms with E-state index in [0.29, 0.717) is 12.6 Å². The van der Waals surface area contributed by atoms with Gasteiger partial charge in [-0.1, -0.05) is 48.0 Å². The molecule has 0 aliphatic carbocycles. The molecule has 3 aromatic carbocycles. The number of hydrogen-bond acceptors (Lipinski definition) is 5. The lowest BCUT2D eigenvalue weighted by Gasteiger charge is -2.33. The summed E-state index contributed by atoms with van der Waals surface area (Å²) >= 11 is 6.30. The second-order valence-electron chi connectivity index (χ2n) is 10.5. The van der Waals surface area contributed by atoms with Gasteiger partial charge < -0.3 is 20.5 Å². The topological polar surface area (TPSA) is 103 Å². The third-order valence-electron chi connectivity index (χ3n) is 7.80. The fraction of sp³-hybridized carbons (Fsp3) is 0.323. The third-order valence-corrected chi connectivity index (χ3v) is 8.13. The van der Waals surface area contributed by atoms with Crippen LogP contribution >= 0.6 is 11.6 Å². The second-order valence-corrected chi connectivity index (χ2v) is 10.9. The lowest BCUT2D eigenvalue weighted by Crippen LogP contribution is -2.44. The van der Waals surface area contributed by atoms with E-state index in [1.165, 1.54) is 5.56 Å². The van der Waals surface area contributed by atoms with Crippen molar-refractivity contribution in [2.75, 3.05) is 36.9 Å². The Kier molecular flexibility index (Phi) is 8.38. The summed E-state index contributed by atoms with van der Waals surface area (Å²) < 4.78 is 2.12. The molecule has 1 aliphatic heterocycles. The molecule has 1 saturated heterocycles. The molecule has 4 N–H and O–H groups in total. The first-order chi connectivity index (χ1) is 19.3. The van der Waals surface area contributed by atoms with Crippen molar-refractivity contribution in [2.24, 2.45) is 12.8 Å². The Morgan fingerprint density at radius 3 is 2.52 bits per heavy atom. The maximum absolute atomic E-state index is 13.2. The standard InChI is InChI=1S/C31H36ClN7O/c1-37(30(40)20-39-17-15-23(16-18-39)35-26-6-4-3-5-25(26)32)24-12-13-28-27(19-24)36-29(38(28)2)14-9-21-7-10-22(11-8-21)31(33)34/h3-8,10-13,19,23,35H,9,14-18,20H2,1-2H3,(H3,33,34). The lowest BCUT2D eigenvalue weighted by atomic mass is 10.0. The molecule has 0 atom stereocenters. The summed E-state index contributed by atoms with van der Waals surface area (Å²) in [6, 6.07) is 22.0. The number of benzene rings is 3. The van der Waals surface area contributed by atoms with E-state index in [2.05, 4.69) is 14.8 Å². The van der Waals surface area contributed by atoms with Crippen molar-refractivity contribution in [3.8, 4) is 0 Å². The molecule has 0 radical (unpaired) electrons. The number of likely N-dealkylation sites (tertiary alicyclic amines) is 1. The zero-order chi connectivity index (χ0) is 28.2. The number of imidazole rings is 1. The smallest absolute Gasteiger partial charge is 0.240 e. The number of amidine groups is 1. The molecule has 0 bridgehead atoms. The number of para-hydroxylation sites is 1. The molecule has 0 unspecified atom stereocenters. The number of anilines is 2. The minimum Gasteiger partial charge on any atom is -0.384 e. The van der Waals surface area contributed by atoms with Crippen LogP contribution in [0.15, 0.2) is 66.7 Å². The molecule has 1 aliphatic rings. The number of carbonyl (C=O) groups excluding carboxylic acids is 1. The number of fused-ring (bicyclic) bond motifs is 1. The predicted octanol–water partition coefficient (Wildman–Crippen LogP) is 4.84. The summed E-state index contributed by atoms with van der Waals surface area (Å²) in [5, 5.41) is 11.8. The van der Waals surface area contributed by atoms with Crippen LogP contribution in [0, 0.1) is 5.41 Å². The number of nitrogens with two attached hydrogens (primary N) is 1. The van der Waals surface area contributed by atoms with E-state index in [0.717, 1.165) is 77.6 Å². The van der Waals surface area contributed by atoms with Gasteiger partial charge in [0.15, 0.2) is 0 Å². The number of aryl methyl sites for hydroxylation is 3. The van der Waals surface area contributed by atoms with Gasteiger partial charge in [0.2, 0.25) is 5.91 Å². The molecule has 208 valence electrons. The van der Waals surface area contributed by atoms with Crippen molar-refractivity contribution >= 4 is 45.8 Å². The maximum atomic E-state index is 13.2. The van der Waals surface area contributed by atoms with Gasteiger partial charge in [-0.05, 0) is 55.2 Å². The molecule has 1 aromatic heterocycles. The van der Waals surface area contributed by atoms with Crippen molar-refractivity contribution in [3.05, 3.63) is 88.7 Å². The Bertz CT molecular complexity index is 1510. The van der Waals surface area contributed by atoms with Gasteiger partial charge in [0.25, 0.3) is 0 Å². The van der Waals surface area contributed by atoms with Gasteiger partial charge in [-0.25, -0.2) is 4.98 Å². The SMILES string of the molecule is CN(C(=O)CN1CCC(Nc2ccccc2Cl)CC1)c1ccc2c(c1)nc(CCc1ccc(C(=N)N)cc1)n2C. The number of amides is 1. The number of nitrogen functional groups attached to an aromatic ring is 1. The van der Waals surface area contributed by atoms with Gasteiger partial charge in [0, 0.05) is 50.9 Å². The summed E-state index contributed by atoms with van der Waals surface area (Å²) in [5.74, 6) is 1.14. The average molecular weight is 558 g/mol. The first kappa shape index (κ1) is 27.7. The highest BCUT2D eigenvalue weighted by atomic mass is 35.5. The molecule has 0 saturated carbocycles. The summed E-state index contributed by atoms with van der Waals surface area (Å²) in [6.07, 6.45) is 3.55. The Labute approximate surface area is 240 Å². The van der Waals surface area contributed by atoms with Gasteiger partial charge in [-0.3, -0.25) is 15.1 Å². The third kappa shape index (κ3) is 6.29. The first-order valence-electron chi connectivity index (χ1n) is 13.7. The number of likely N-dealkylation sites (N-methyl/N-ethyl adjacent to an activating group) is 1. The van der Waals surface area contributed by atoms with Crippen LogP contribution < -0.4 is 16.0 Å². The van der Waals surface area contributed by atoms with Crippen LogP contribution in [0.4, 0.5) is 11.4 Å². The summed E-state index contributed by atoms with van der Waals surface area (Å²) in [6.45, 7) is 2.12. The zero-order valence-electron chi connectivity index (χ0n) is 23.0. The average Bonchev–Trinajstić information content (AvgIpc) is 3.28. The second kappa shape index (κ2) is 12.1. The Morgan fingerprint density at radius 1 is 1.10 bits per heavy atom. The highest BCUT2D eigenvalue weighted by molar-refractivity contribution is 6.33. The van der Waals surface area contributed by atoms with Crippen molar-refractivity contribution in [3.63, 3.8) is 0 Å². The molecule has 2 heterocycles. The summed E-state index contributed by atoms with van der Waals surface area (Å²) in [5.41, 5.74) is 11.2. The molecule has 1 fully saturated rings. The fourth-order valence-corrected chi connectivity index (χ4v) is 5.44. The maximum Gasteiger partial charge on any atom is 0.240 e. The largest absolute Gasteiger partial charge is 0.384 e. The van der Waals surface area contributed by atoms with Crippen LogP contribution in [-0.4, -0.2) is 58.9 Å². The molecule has 5 rings (SSSR count). The van der Waals surface area contributed by atoms with Gasteiger partial charge in [0.05, 0.1) is 28.3 Å². The van der Waals surface area contributed by atoms with Crippen LogP contribution in [0.2, 0.25) is 5.02 Å². The quantitative estimate of drug-likeness (QED) is 0.202. The van der Waals surface area contributed by atoms with E-state index >= 15 is 0 Å². The Hall–Kier alpha value is -3.88. The molecule has 8 nitrogen and oxygen atoms in total. The molecule has 0 spiro atoms. The van der Waals surface area contributed by atoms with Crippen LogP contribution in [-0.2, 0) is 24.7 Å². The monoisotopic (exact) mass is 557 g/mol. The van der Waals surface area contributed by atoms with Gasteiger partial charge in [0.1, 0.15) is 11.7 Å². The van der Waals surface area contributed by atoms with Crippen molar-refractivity contribution in [1.82, 2.24) is 14.5 Å². The van der Waals surface area contributed by atoms with E-state index in [-0.39, 0.29) is 11.7 Å². The number of nitrogens with zero attached hydrogens (tertiary/aromatic N) is 4. The number of halogens is 1. The van der Waals surface area contributed by atoms with Crippen LogP contribution in [0.5, 0.6) is 0 Å². The highest BCUT2D eigenvalue weighted by Gasteiger charge is 2.23. The van der Waals surface area contributed by atoms with Crippen LogP contribution in [0.1, 0.15) is 29.8 Å². The van der Waals surface area contributed by atoms with Crippen molar-refractivity contribution in [2.45, 2.75) is 31.7 Å². The predicted molar refractivity (Wildman–Crippen MR) is 164 cm³/mol. The van der Waals surface area contributed by atoms with Gasteiger partial charge in [-0.2, -0.15) is 0 Å². The Morgan fingerprint density at radius 2 is 1.82 bits per heavy atom. The lowest BCUT2D eigenvalue weighted by molar-refractivity contribution is -0.119. The fourth-order valence-electron chi connectivity index (χ4n) is 5.25. The van der Waals surface area contributed by atoms with E-state index in [1.54, 1.807) is 4.90 Å². The zero-order valence-corrected chi connectivity index (χ0v) is 23.8. The number of piperidine rings is 1. The number of aromatic nitrogens is 2. The van der Waals surface area contributed by atoms with Crippen molar-refractivity contribution < 1.29 is 4.79 Å². The van der Waals surface area contributed by atoms with Crippen LogP contribution in [0.25, 0.3) is 11.0 Å². The van der Waals surface area contributed by atoms with Gasteiger partial charge >= 0.3 is 0 Å². The minimum absolute atomic E-state index is 0.0713. The number of rotatable bonds is 9. The normalized spacial score (nSPS) is 14.4. The van der Waals surface area contributed by atoms with Crippen molar-refractivity contribution in [1.29, 1.82) is 5.41 Å². The molecule has 1 amide bonds.